The van der Waals surface area contributed by atoms with Gasteiger partial charge in [-0.05, 0) is 22.0 Å². The second kappa shape index (κ2) is 5.04. The SMILES string of the molecule is NC(=O)CCNCc1occc1Br. The third-order valence-corrected chi connectivity index (χ3v) is 2.23. The van der Waals surface area contributed by atoms with Crippen LogP contribution in [0.1, 0.15) is 12.2 Å². The maximum atomic E-state index is 10.4. The van der Waals surface area contributed by atoms with E-state index in [2.05, 4.69) is 21.2 Å². The summed E-state index contributed by atoms with van der Waals surface area (Å²) in [6.07, 6.45) is 1.95. The molecule has 0 saturated carbocycles. The first-order valence-electron chi connectivity index (χ1n) is 3.91. The lowest BCUT2D eigenvalue weighted by Gasteiger charge is -2.00. The van der Waals surface area contributed by atoms with Gasteiger partial charge in [0.2, 0.25) is 5.91 Å². The van der Waals surface area contributed by atoms with Crippen molar-refractivity contribution in [1.29, 1.82) is 0 Å². The van der Waals surface area contributed by atoms with Gasteiger partial charge in [-0.15, -0.1) is 0 Å². The van der Waals surface area contributed by atoms with Gasteiger partial charge in [0.25, 0.3) is 0 Å². The van der Waals surface area contributed by atoms with Crippen LogP contribution < -0.4 is 11.1 Å². The Hall–Kier alpha value is -0.810. The van der Waals surface area contributed by atoms with Gasteiger partial charge in [-0.25, -0.2) is 0 Å². The van der Waals surface area contributed by atoms with Crippen LogP contribution in [0.3, 0.4) is 0 Å². The molecule has 72 valence electrons. The molecule has 4 nitrogen and oxygen atoms in total. The van der Waals surface area contributed by atoms with Crippen LogP contribution in [0.5, 0.6) is 0 Å². The standard InChI is InChI=1S/C8H11BrN2O2/c9-6-2-4-13-7(6)5-11-3-1-8(10)12/h2,4,11H,1,3,5H2,(H2,10,12). The van der Waals surface area contributed by atoms with Crippen LogP contribution in [-0.4, -0.2) is 12.5 Å². The molecular weight excluding hydrogens is 236 g/mol. The zero-order chi connectivity index (χ0) is 9.68. The Balaban J connectivity index is 2.20. The summed E-state index contributed by atoms with van der Waals surface area (Å²) in [4.78, 5) is 10.4. The Bertz CT molecular complexity index is 285. The molecule has 1 amide bonds. The molecule has 0 saturated heterocycles. The van der Waals surface area contributed by atoms with Crippen molar-refractivity contribution in [1.82, 2.24) is 5.32 Å². The van der Waals surface area contributed by atoms with E-state index in [1.165, 1.54) is 0 Å². The highest BCUT2D eigenvalue weighted by molar-refractivity contribution is 9.10. The summed E-state index contributed by atoms with van der Waals surface area (Å²) < 4.78 is 6.08. The first-order valence-corrected chi connectivity index (χ1v) is 4.70. The average Bonchev–Trinajstić information content (AvgIpc) is 2.45. The summed E-state index contributed by atoms with van der Waals surface area (Å²) in [5, 5.41) is 3.04. The van der Waals surface area contributed by atoms with E-state index in [0.717, 1.165) is 10.2 Å². The van der Waals surface area contributed by atoms with Crippen LogP contribution in [0.25, 0.3) is 0 Å². The molecule has 0 aliphatic heterocycles. The minimum Gasteiger partial charge on any atom is -0.467 e. The van der Waals surface area contributed by atoms with Gasteiger partial charge in [-0.2, -0.15) is 0 Å². The van der Waals surface area contributed by atoms with Crippen molar-refractivity contribution in [2.45, 2.75) is 13.0 Å². The summed E-state index contributed by atoms with van der Waals surface area (Å²) in [6.45, 7) is 1.17. The predicted molar refractivity (Wildman–Crippen MR) is 51.9 cm³/mol. The molecule has 1 aromatic rings. The Morgan fingerprint density at radius 3 is 3.00 bits per heavy atom. The summed E-state index contributed by atoms with van der Waals surface area (Å²) in [7, 11) is 0. The van der Waals surface area contributed by atoms with Gasteiger partial charge in [0.1, 0.15) is 5.76 Å². The highest BCUT2D eigenvalue weighted by atomic mass is 79.9. The van der Waals surface area contributed by atoms with Crippen molar-refractivity contribution in [2.75, 3.05) is 6.54 Å². The van der Waals surface area contributed by atoms with Gasteiger partial charge < -0.3 is 15.5 Å². The number of primary amides is 1. The highest BCUT2D eigenvalue weighted by Gasteiger charge is 2.02. The number of carbonyl (C=O) groups is 1. The fraction of sp³-hybridized carbons (Fsp3) is 0.375. The summed E-state index contributed by atoms with van der Waals surface area (Å²) in [6, 6.07) is 1.82. The molecule has 0 aliphatic rings. The second-order valence-electron chi connectivity index (χ2n) is 2.58. The van der Waals surface area contributed by atoms with Gasteiger partial charge in [-0.3, -0.25) is 4.79 Å². The lowest BCUT2D eigenvalue weighted by Crippen LogP contribution is -2.21. The largest absolute Gasteiger partial charge is 0.467 e. The van der Waals surface area contributed by atoms with E-state index >= 15 is 0 Å². The number of nitrogens with two attached hydrogens (primary N) is 1. The van der Waals surface area contributed by atoms with Crippen LogP contribution in [0, 0.1) is 0 Å². The van der Waals surface area contributed by atoms with E-state index in [9.17, 15) is 4.79 Å². The van der Waals surface area contributed by atoms with Gasteiger partial charge in [0, 0.05) is 13.0 Å². The van der Waals surface area contributed by atoms with Gasteiger partial charge >= 0.3 is 0 Å². The Morgan fingerprint density at radius 1 is 1.69 bits per heavy atom. The first-order chi connectivity index (χ1) is 6.20. The van der Waals surface area contributed by atoms with Crippen molar-refractivity contribution < 1.29 is 9.21 Å². The van der Waals surface area contributed by atoms with Crippen molar-refractivity contribution in [2.24, 2.45) is 5.73 Å². The summed E-state index contributed by atoms with van der Waals surface area (Å²) >= 11 is 3.32. The molecule has 1 rings (SSSR count). The second-order valence-corrected chi connectivity index (χ2v) is 3.44. The van der Waals surface area contributed by atoms with Gasteiger partial charge in [0.05, 0.1) is 17.3 Å². The molecule has 13 heavy (non-hydrogen) atoms. The quantitative estimate of drug-likeness (QED) is 0.763. The Kier molecular flexibility index (Phi) is 3.98. The predicted octanol–water partition coefficient (Wildman–Crippen LogP) is 1.01. The van der Waals surface area contributed by atoms with E-state index in [1.54, 1.807) is 6.26 Å². The van der Waals surface area contributed by atoms with Crippen LogP contribution in [0.15, 0.2) is 21.2 Å². The fourth-order valence-electron chi connectivity index (χ4n) is 0.865. The monoisotopic (exact) mass is 246 g/mol. The van der Waals surface area contributed by atoms with Crippen LogP contribution >= 0.6 is 15.9 Å². The van der Waals surface area contributed by atoms with Crippen molar-refractivity contribution in [3.05, 3.63) is 22.6 Å². The van der Waals surface area contributed by atoms with E-state index in [0.29, 0.717) is 19.5 Å². The topological polar surface area (TPSA) is 68.3 Å². The minimum absolute atomic E-state index is 0.300. The number of halogens is 1. The molecule has 0 atom stereocenters. The lowest BCUT2D eigenvalue weighted by molar-refractivity contribution is -0.117. The molecular formula is C8H11BrN2O2. The molecule has 0 radical (unpaired) electrons. The zero-order valence-electron chi connectivity index (χ0n) is 7.05. The first kappa shape index (κ1) is 10.3. The van der Waals surface area contributed by atoms with E-state index in [4.69, 9.17) is 10.2 Å². The number of rotatable bonds is 5. The average molecular weight is 247 g/mol. The molecule has 0 spiro atoms. The van der Waals surface area contributed by atoms with Gasteiger partial charge in [0.15, 0.2) is 0 Å². The summed E-state index contributed by atoms with van der Waals surface area (Å²) in [5.41, 5.74) is 4.97. The minimum atomic E-state index is -0.300. The maximum Gasteiger partial charge on any atom is 0.218 e. The number of furan rings is 1. The number of carbonyl (C=O) groups excluding carboxylic acids is 1. The normalized spacial score (nSPS) is 10.2. The molecule has 0 unspecified atom stereocenters. The zero-order valence-corrected chi connectivity index (χ0v) is 8.63. The maximum absolute atomic E-state index is 10.4. The molecule has 0 aliphatic carbocycles. The third kappa shape index (κ3) is 3.61. The van der Waals surface area contributed by atoms with E-state index in [-0.39, 0.29) is 5.91 Å². The molecule has 1 aromatic heterocycles. The van der Waals surface area contributed by atoms with Crippen LogP contribution in [0.4, 0.5) is 0 Å². The third-order valence-electron chi connectivity index (χ3n) is 1.52. The van der Waals surface area contributed by atoms with Crippen LogP contribution in [-0.2, 0) is 11.3 Å². The van der Waals surface area contributed by atoms with E-state index in [1.807, 2.05) is 6.07 Å². The van der Waals surface area contributed by atoms with E-state index < -0.39 is 0 Å². The molecule has 1 heterocycles. The fourth-order valence-corrected chi connectivity index (χ4v) is 1.21. The molecule has 0 aromatic carbocycles. The number of hydrogen-bond acceptors (Lipinski definition) is 3. The van der Waals surface area contributed by atoms with Crippen molar-refractivity contribution in [3.8, 4) is 0 Å². The van der Waals surface area contributed by atoms with Gasteiger partial charge in [-0.1, -0.05) is 0 Å². The number of amides is 1. The van der Waals surface area contributed by atoms with Crippen LogP contribution in [0.2, 0.25) is 0 Å². The number of nitrogens with one attached hydrogen (secondary N) is 1. The molecule has 0 fully saturated rings. The Labute approximate surface area is 84.6 Å². The number of hydrogen-bond donors (Lipinski definition) is 2. The molecule has 0 bridgehead atoms. The highest BCUT2D eigenvalue weighted by Crippen LogP contribution is 2.16. The van der Waals surface area contributed by atoms with Crippen molar-refractivity contribution in [3.63, 3.8) is 0 Å². The Morgan fingerprint density at radius 2 is 2.46 bits per heavy atom. The summed E-state index contributed by atoms with van der Waals surface area (Å²) in [5.74, 6) is 0.524. The molecule has 3 N–H and O–H groups in total. The van der Waals surface area contributed by atoms with Crippen molar-refractivity contribution >= 4 is 21.8 Å². The molecule has 5 heteroatoms. The lowest BCUT2D eigenvalue weighted by atomic mass is 10.4. The smallest absolute Gasteiger partial charge is 0.218 e.